The monoisotopic (exact) mass is 432 g/mol. The van der Waals surface area contributed by atoms with E-state index in [9.17, 15) is 26.4 Å². The molecule has 5 nitrogen and oxygen atoms in total. The highest BCUT2D eigenvalue weighted by molar-refractivity contribution is 7.92. The molecular formula is C18H16ClF3N2O3S. The minimum Gasteiger partial charge on any atom is -0.323 e. The van der Waals surface area contributed by atoms with E-state index in [1.165, 1.54) is 29.2 Å². The van der Waals surface area contributed by atoms with Crippen LogP contribution in [0.2, 0.25) is 5.02 Å². The van der Waals surface area contributed by atoms with Crippen LogP contribution < -0.4 is 5.32 Å². The van der Waals surface area contributed by atoms with Gasteiger partial charge in [0.2, 0.25) is 0 Å². The van der Waals surface area contributed by atoms with Crippen molar-refractivity contribution in [2.45, 2.75) is 22.7 Å². The van der Waals surface area contributed by atoms with Crippen molar-refractivity contribution in [1.82, 2.24) is 4.90 Å². The Morgan fingerprint density at radius 2 is 1.68 bits per heavy atom. The molecule has 10 heteroatoms. The van der Waals surface area contributed by atoms with E-state index >= 15 is 0 Å². The molecular weight excluding hydrogens is 417 g/mol. The first kappa shape index (κ1) is 20.5. The first-order chi connectivity index (χ1) is 13.1. The highest BCUT2D eigenvalue weighted by Crippen LogP contribution is 2.30. The fraction of sp³-hybridized carbons (Fsp3) is 0.278. The second kappa shape index (κ2) is 7.63. The number of urea groups is 1. The van der Waals surface area contributed by atoms with Crippen LogP contribution in [0, 0.1) is 0 Å². The van der Waals surface area contributed by atoms with Crippen molar-refractivity contribution in [2.75, 3.05) is 18.4 Å². The highest BCUT2D eigenvalue weighted by Gasteiger charge is 2.36. The largest absolute Gasteiger partial charge is 0.416 e. The van der Waals surface area contributed by atoms with E-state index in [0.29, 0.717) is 5.02 Å². The summed E-state index contributed by atoms with van der Waals surface area (Å²) in [5.41, 5.74) is -0.622. The number of carbonyl (C=O) groups is 1. The summed E-state index contributed by atoms with van der Waals surface area (Å²) in [5, 5.41) is 2.15. The zero-order chi connectivity index (χ0) is 20.5. The van der Waals surface area contributed by atoms with E-state index in [1.54, 1.807) is 0 Å². The Kier molecular flexibility index (Phi) is 5.58. The molecule has 28 heavy (non-hydrogen) atoms. The second-order valence-electron chi connectivity index (χ2n) is 6.36. The number of benzene rings is 2. The third-order valence-corrected chi connectivity index (χ3v) is 6.92. The fourth-order valence-corrected chi connectivity index (χ4v) is 4.75. The van der Waals surface area contributed by atoms with Crippen LogP contribution in [-0.4, -0.2) is 37.7 Å². The Morgan fingerprint density at radius 3 is 2.25 bits per heavy atom. The van der Waals surface area contributed by atoms with Crippen LogP contribution in [-0.2, 0) is 16.0 Å². The number of carbonyl (C=O) groups excluding carboxylic acids is 1. The molecule has 1 aliphatic rings. The van der Waals surface area contributed by atoms with Crippen molar-refractivity contribution in [3.63, 3.8) is 0 Å². The molecule has 1 saturated heterocycles. The summed E-state index contributed by atoms with van der Waals surface area (Å²) in [6.45, 7) is 0.224. The van der Waals surface area contributed by atoms with Crippen molar-refractivity contribution in [2.24, 2.45) is 0 Å². The molecule has 1 N–H and O–H groups in total. The Balaban J connectivity index is 1.65. The predicted molar refractivity (Wildman–Crippen MR) is 99.1 cm³/mol. The standard InChI is InChI=1S/C18H16ClF3N2O3S/c19-13-3-7-15(8-4-13)28(26,27)16-9-10-24(11-16)17(25)23-14-5-1-12(2-6-14)18(20,21)22/h1-8,16H,9-11H2,(H,23,25). The zero-order valence-electron chi connectivity index (χ0n) is 14.4. The molecule has 2 amide bonds. The van der Waals surface area contributed by atoms with Gasteiger partial charge >= 0.3 is 12.2 Å². The molecule has 0 aromatic heterocycles. The summed E-state index contributed by atoms with van der Waals surface area (Å²) in [6.07, 6.45) is -4.19. The topological polar surface area (TPSA) is 66.5 Å². The van der Waals surface area contributed by atoms with Crippen LogP contribution in [0.4, 0.5) is 23.7 Å². The van der Waals surface area contributed by atoms with Crippen molar-refractivity contribution in [1.29, 1.82) is 0 Å². The maximum Gasteiger partial charge on any atom is 0.416 e. The number of nitrogens with zero attached hydrogens (tertiary/aromatic N) is 1. The van der Waals surface area contributed by atoms with Gasteiger partial charge in [0.15, 0.2) is 9.84 Å². The van der Waals surface area contributed by atoms with Gasteiger partial charge in [0.1, 0.15) is 0 Å². The van der Waals surface area contributed by atoms with E-state index < -0.39 is 32.9 Å². The van der Waals surface area contributed by atoms with E-state index in [2.05, 4.69) is 5.32 Å². The summed E-state index contributed by atoms with van der Waals surface area (Å²) in [7, 11) is -3.62. The normalized spacial score (nSPS) is 17.6. The molecule has 1 fully saturated rings. The van der Waals surface area contributed by atoms with Crippen LogP contribution >= 0.6 is 11.6 Å². The van der Waals surface area contributed by atoms with Crippen LogP contribution in [0.5, 0.6) is 0 Å². The lowest BCUT2D eigenvalue weighted by Gasteiger charge is -2.18. The first-order valence-electron chi connectivity index (χ1n) is 8.30. The molecule has 0 bridgehead atoms. The third-order valence-electron chi connectivity index (χ3n) is 4.48. The molecule has 0 saturated carbocycles. The molecule has 1 heterocycles. The lowest BCUT2D eigenvalue weighted by Crippen LogP contribution is -2.35. The van der Waals surface area contributed by atoms with E-state index in [1.807, 2.05) is 0 Å². The van der Waals surface area contributed by atoms with Crippen LogP contribution in [0.1, 0.15) is 12.0 Å². The lowest BCUT2D eigenvalue weighted by atomic mass is 10.2. The molecule has 2 aromatic carbocycles. The van der Waals surface area contributed by atoms with Gasteiger partial charge in [-0.1, -0.05) is 11.6 Å². The first-order valence-corrected chi connectivity index (χ1v) is 10.2. The van der Waals surface area contributed by atoms with E-state index in [4.69, 9.17) is 11.6 Å². The van der Waals surface area contributed by atoms with Crippen LogP contribution in [0.15, 0.2) is 53.4 Å². The molecule has 2 aromatic rings. The Morgan fingerprint density at radius 1 is 1.07 bits per heavy atom. The average Bonchev–Trinajstić information content (AvgIpc) is 3.13. The van der Waals surface area contributed by atoms with Crippen molar-refractivity contribution in [3.05, 3.63) is 59.1 Å². The Hall–Kier alpha value is -2.26. The molecule has 1 aliphatic heterocycles. The number of halogens is 4. The number of alkyl halides is 3. The molecule has 1 unspecified atom stereocenters. The number of rotatable bonds is 3. The van der Waals surface area contributed by atoms with Gasteiger partial charge in [0, 0.05) is 23.8 Å². The van der Waals surface area contributed by atoms with Gasteiger partial charge in [0.05, 0.1) is 15.7 Å². The van der Waals surface area contributed by atoms with Crippen LogP contribution in [0.3, 0.4) is 0 Å². The summed E-state index contributed by atoms with van der Waals surface area (Å²) in [6, 6.07) is 9.29. The summed E-state index contributed by atoms with van der Waals surface area (Å²) in [4.78, 5) is 13.8. The van der Waals surface area contributed by atoms with Gasteiger partial charge in [-0.15, -0.1) is 0 Å². The quantitative estimate of drug-likeness (QED) is 0.779. The van der Waals surface area contributed by atoms with Crippen LogP contribution in [0.25, 0.3) is 0 Å². The molecule has 0 radical (unpaired) electrons. The molecule has 0 spiro atoms. The fourth-order valence-electron chi connectivity index (χ4n) is 2.93. The number of hydrogen-bond acceptors (Lipinski definition) is 3. The summed E-state index contributed by atoms with van der Waals surface area (Å²) in [5.74, 6) is 0. The van der Waals surface area contributed by atoms with Gasteiger partial charge in [0.25, 0.3) is 0 Å². The third kappa shape index (κ3) is 4.41. The van der Waals surface area contributed by atoms with Gasteiger partial charge in [-0.25, -0.2) is 13.2 Å². The van der Waals surface area contributed by atoms with Gasteiger partial charge < -0.3 is 10.2 Å². The Bertz CT molecular complexity index is 961. The van der Waals surface area contributed by atoms with Gasteiger partial charge in [-0.2, -0.15) is 13.2 Å². The maximum atomic E-state index is 12.7. The van der Waals surface area contributed by atoms with Crippen molar-refractivity contribution in [3.8, 4) is 0 Å². The van der Waals surface area contributed by atoms with Crippen molar-refractivity contribution < 1.29 is 26.4 Å². The summed E-state index contributed by atoms with van der Waals surface area (Å²) < 4.78 is 63.1. The molecule has 0 aliphatic carbocycles. The smallest absolute Gasteiger partial charge is 0.323 e. The molecule has 3 rings (SSSR count). The SMILES string of the molecule is O=C(Nc1ccc(C(F)(F)F)cc1)N1CCC(S(=O)(=O)c2ccc(Cl)cc2)C1. The number of amides is 2. The van der Waals surface area contributed by atoms with Gasteiger partial charge in [-0.3, -0.25) is 0 Å². The number of sulfone groups is 1. The minimum atomic E-state index is -4.46. The number of nitrogens with one attached hydrogen (secondary N) is 1. The second-order valence-corrected chi connectivity index (χ2v) is 9.03. The summed E-state index contributed by atoms with van der Waals surface area (Å²) >= 11 is 5.78. The lowest BCUT2D eigenvalue weighted by molar-refractivity contribution is -0.137. The number of anilines is 1. The maximum absolute atomic E-state index is 12.7. The van der Waals surface area contributed by atoms with Gasteiger partial charge in [-0.05, 0) is 55.0 Å². The molecule has 1 atom stereocenters. The van der Waals surface area contributed by atoms with E-state index in [-0.39, 0.29) is 30.1 Å². The Labute approximate surface area is 165 Å². The highest BCUT2D eigenvalue weighted by atomic mass is 35.5. The zero-order valence-corrected chi connectivity index (χ0v) is 16.0. The number of hydrogen-bond donors (Lipinski definition) is 1. The molecule has 150 valence electrons. The van der Waals surface area contributed by atoms with Crippen molar-refractivity contribution >= 4 is 33.2 Å². The predicted octanol–water partition coefficient (Wildman–Crippen LogP) is 4.44. The average molecular weight is 433 g/mol. The van der Waals surface area contributed by atoms with E-state index in [0.717, 1.165) is 24.3 Å². The number of likely N-dealkylation sites (tertiary alicyclic amines) is 1. The minimum absolute atomic E-state index is 0.00255.